The number of hydrogen-bond donors (Lipinski definition) is 2. The van der Waals surface area contributed by atoms with Crippen LogP contribution in [-0.2, 0) is 0 Å². The van der Waals surface area contributed by atoms with E-state index in [9.17, 15) is 4.79 Å². The van der Waals surface area contributed by atoms with E-state index in [4.69, 9.17) is 33.3 Å². The second kappa shape index (κ2) is 7.80. The first kappa shape index (κ1) is 17.1. The predicted octanol–water partition coefficient (Wildman–Crippen LogP) is 3.48. The van der Waals surface area contributed by atoms with Crippen molar-refractivity contribution in [2.24, 2.45) is 0 Å². The van der Waals surface area contributed by atoms with Gasteiger partial charge in [-0.1, -0.05) is 11.6 Å². The number of carbonyl (C=O) groups excluding carboxylic acids is 1. The SMILES string of the molecule is COc1cc(OC)cc(C(=O)NC(=S)Nc2ccc(Cl)cc2)c1. The third-order valence-corrected chi connectivity index (χ3v) is 3.40. The van der Waals surface area contributed by atoms with Gasteiger partial charge in [-0.25, -0.2) is 0 Å². The molecule has 0 aliphatic carbocycles. The molecule has 0 radical (unpaired) electrons. The molecule has 0 spiro atoms. The van der Waals surface area contributed by atoms with E-state index >= 15 is 0 Å². The van der Waals surface area contributed by atoms with Gasteiger partial charge in [-0.2, -0.15) is 0 Å². The van der Waals surface area contributed by atoms with Gasteiger partial charge < -0.3 is 14.8 Å². The fourth-order valence-electron chi connectivity index (χ4n) is 1.81. The molecule has 2 aromatic rings. The Bertz CT molecular complexity index is 698. The maximum atomic E-state index is 12.3. The number of ether oxygens (including phenoxy) is 2. The first-order valence-electron chi connectivity index (χ1n) is 6.63. The summed E-state index contributed by atoms with van der Waals surface area (Å²) in [6.07, 6.45) is 0. The quantitative estimate of drug-likeness (QED) is 0.827. The second-order valence-electron chi connectivity index (χ2n) is 4.52. The molecular weight excluding hydrogens is 336 g/mol. The molecule has 1 amide bonds. The third-order valence-electron chi connectivity index (χ3n) is 2.94. The highest BCUT2D eigenvalue weighted by atomic mass is 35.5. The van der Waals surface area contributed by atoms with Crippen molar-refractivity contribution in [1.82, 2.24) is 5.32 Å². The van der Waals surface area contributed by atoms with Crippen molar-refractivity contribution in [2.45, 2.75) is 0 Å². The zero-order chi connectivity index (χ0) is 16.8. The van der Waals surface area contributed by atoms with Crippen LogP contribution in [0.1, 0.15) is 10.4 Å². The zero-order valence-corrected chi connectivity index (χ0v) is 14.1. The van der Waals surface area contributed by atoms with Crippen molar-refractivity contribution in [3.8, 4) is 11.5 Å². The number of hydrogen-bond acceptors (Lipinski definition) is 4. The largest absolute Gasteiger partial charge is 0.497 e. The van der Waals surface area contributed by atoms with Crippen LogP contribution in [0.3, 0.4) is 0 Å². The van der Waals surface area contributed by atoms with Crippen molar-refractivity contribution in [3.05, 3.63) is 53.1 Å². The topological polar surface area (TPSA) is 59.6 Å². The average Bonchev–Trinajstić information content (AvgIpc) is 2.56. The maximum Gasteiger partial charge on any atom is 0.257 e. The molecule has 0 unspecified atom stereocenters. The Morgan fingerprint density at radius 1 is 1.04 bits per heavy atom. The fraction of sp³-hybridized carbons (Fsp3) is 0.125. The summed E-state index contributed by atoms with van der Waals surface area (Å²) in [6.45, 7) is 0. The van der Waals surface area contributed by atoms with Crippen LogP contribution in [0, 0.1) is 0 Å². The summed E-state index contributed by atoms with van der Waals surface area (Å²) < 4.78 is 10.3. The van der Waals surface area contributed by atoms with Crippen molar-refractivity contribution in [2.75, 3.05) is 19.5 Å². The summed E-state index contributed by atoms with van der Waals surface area (Å²) in [5.74, 6) is 0.672. The molecular formula is C16H15ClN2O3S. The highest BCUT2D eigenvalue weighted by molar-refractivity contribution is 7.80. The van der Waals surface area contributed by atoms with Crippen molar-refractivity contribution in [3.63, 3.8) is 0 Å². The number of methoxy groups -OCH3 is 2. The molecule has 0 aliphatic heterocycles. The summed E-state index contributed by atoms with van der Waals surface area (Å²) >= 11 is 10.9. The van der Waals surface area contributed by atoms with E-state index in [1.807, 2.05) is 0 Å². The minimum absolute atomic E-state index is 0.180. The minimum Gasteiger partial charge on any atom is -0.497 e. The standard InChI is InChI=1S/C16H15ClN2O3S/c1-21-13-7-10(8-14(9-13)22-2)15(20)19-16(23)18-12-5-3-11(17)4-6-12/h3-9H,1-2H3,(H2,18,19,20,23). The number of amides is 1. The van der Waals surface area contributed by atoms with E-state index in [1.54, 1.807) is 42.5 Å². The van der Waals surface area contributed by atoms with Gasteiger partial charge in [0.1, 0.15) is 11.5 Å². The van der Waals surface area contributed by atoms with E-state index in [2.05, 4.69) is 10.6 Å². The lowest BCUT2D eigenvalue weighted by molar-refractivity contribution is 0.0977. The van der Waals surface area contributed by atoms with Crippen molar-refractivity contribution >= 4 is 40.5 Å². The lowest BCUT2D eigenvalue weighted by Crippen LogP contribution is -2.34. The van der Waals surface area contributed by atoms with Crippen LogP contribution in [0.4, 0.5) is 5.69 Å². The van der Waals surface area contributed by atoms with Gasteiger partial charge in [-0.05, 0) is 48.6 Å². The van der Waals surface area contributed by atoms with Crippen molar-refractivity contribution < 1.29 is 14.3 Å². The molecule has 7 heteroatoms. The average molecular weight is 351 g/mol. The Hall–Kier alpha value is -2.31. The van der Waals surface area contributed by atoms with Gasteiger partial charge in [-0.3, -0.25) is 10.1 Å². The predicted molar refractivity (Wildman–Crippen MR) is 94.7 cm³/mol. The molecule has 0 atom stereocenters. The molecule has 0 heterocycles. The van der Waals surface area contributed by atoms with Crippen LogP contribution in [0.15, 0.2) is 42.5 Å². The summed E-state index contributed by atoms with van der Waals surface area (Å²) in [4.78, 5) is 12.3. The maximum absolute atomic E-state index is 12.3. The first-order chi connectivity index (χ1) is 11.0. The lowest BCUT2D eigenvalue weighted by atomic mass is 10.2. The number of carbonyl (C=O) groups is 1. The number of thiocarbonyl (C=S) groups is 1. The Balaban J connectivity index is 2.06. The molecule has 2 rings (SSSR count). The molecule has 0 saturated carbocycles. The number of benzene rings is 2. The fourth-order valence-corrected chi connectivity index (χ4v) is 2.15. The Labute approximate surface area is 144 Å². The van der Waals surface area contributed by atoms with Crippen LogP contribution >= 0.6 is 23.8 Å². The number of anilines is 1. The molecule has 0 aliphatic rings. The molecule has 120 valence electrons. The summed E-state index contributed by atoms with van der Waals surface area (Å²) in [5, 5.41) is 6.30. The molecule has 5 nitrogen and oxygen atoms in total. The van der Waals surface area contributed by atoms with Gasteiger partial charge in [0.15, 0.2) is 5.11 Å². The van der Waals surface area contributed by atoms with Gasteiger partial charge in [0.05, 0.1) is 14.2 Å². The molecule has 2 aromatic carbocycles. The van der Waals surface area contributed by atoms with Crippen LogP contribution in [0.25, 0.3) is 0 Å². The molecule has 0 bridgehead atoms. The number of halogens is 1. The van der Waals surface area contributed by atoms with Gasteiger partial charge >= 0.3 is 0 Å². The van der Waals surface area contributed by atoms with E-state index < -0.39 is 0 Å². The Morgan fingerprint density at radius 2 is 1.61 bits per heavy atom. The summed E-state index contributed by atoms with van der Waals surface area (Å²) in [7, 11) is 3.03. The van der Waals surface area contributed by atoms with Gasteiger partial charge in [0, 0.05) is 22.3 Å². The number of nitrogens with one attached hydrogen (secondary N) is 2. The molecule has 23 heavy (non-hydrogen) atoms. The normalized spacial score (nSPS) is 9.87. The van der Waals surface area contributed by atoms with Gasteiger partial charge in [0.2, 0.25) is 0 Å². The number of rotatable bonds is 4. The molecule has 2 N–H and O–H groups in total. The van der Waals surface area contributed by atoms with Gasteiger partial charge in [0.25, 0.3) is 5.91 Å². The smallest absolute Gasteiger partial charge is 0.257 e. The van der Waals surface area contributed by atoms with Crippen LogP contribution in [0.5, 0.6) is 11.5 Å². The second-order valence-corrected chi connectivity index (χ2v) is 5.36. The summed E-state index contributed by atoms with van der Waals surface area (Å²) in [6, 6.07) is 11.8. The monoisotopic (exact) mass is 350 g/mol. The van der Waals surface area contributed by atoms with E-state index in [0.29, 0.717) is 22.1 Å². The van der Waals surface area contributed by atoms with Crippen LogP contribution < -0.4 is 20.1 Å². The van der Waals surface area contributed by atoms with E-state index in [-0.39, 0.29) is 11.0 Å². The van der Waals surface area contributed by atoms with Crippen LogP contribution in [0.2, 0.25) is 5.02 Å². The Morgan fingerprint density at radius 3 is 2.13 bits per heavy atom. The minimum atomic E-state index is -0.367. The van der Waals surface area contributed by atoms with E-state index in [0.717, 1.165) is 5.69 Å². The summed E-state index contributed by atoms with van der Waals surface area (Å²) in [5.41, 5.74) is 1.10. The first-order valence-corrected chi connectivity index (χ1v) is 7.41. The lowest BCUT2D eigenvalue weighted by Gasteiger charge is -2.11. The molecule has 0 saturated heterocycles. The van der Waals surface area contributed by atoms with Crippen LogP contribution in [-0.4, -0.2) is 25.2 Å². The van der Waals surface area contributed by atoms with E-state index in [1.165, 1.54) is 14.2 Å². The highest BCUT2D eigenvalue weighted by Crippen LogP contribution is 2.22. The Kier molecular flexibility index (Phi) is 5.78. The molecule has 0 fully saturated rings. The molecule has 0 aromatic heterocycles. The van der Waals surface area contributed by atoms with Crippen molar-refractivity contribution in [1.29, 1.82) is 0 Å². The highest BCUT2D eigenvalue weighted by Gasteiger charge is 2.11. The van der Waals surface area contributed by atoms with Gasteiger partial charge in [-0.15, -0.1) is 0 Å². The zero-order valence-electron chi connectivity index (χ0n) is 12.6. The third kappa shape index (κ3) is 4.84.